The highest BCUT2D eigenvalue weighted by molar-refractivity contribution is 6.04. The van der Waals surface area contributed by atoms with E-state index in [0.717, 1.165) is 11.0 Å². The number of para-hydroxylation sites is 2. The molecule has 0 fully saturated rings. The normalized spacial score (nSPS) is 14.6. The molecule has 0 spiro atoms. The number of pyridine rings is 1. The molecule has 3 N–H and O–H groups in total. The molecule has 0 unspecified atom stereocenters. The number of carbonyl (C=O) groups excluding carboxylic acids is 1. The number of nitrogen functional groups attached to an aromatic ring is 1. The van der Waals surface area contributed by atoms with Gasteiger partial charge in [-0.1, -0.05) is 26.0 Å². The second-order valence-corrected chi connectivity index (χ2v) is 9.87. The molecular formula is C26H28FN5O3. The summed E-state index contributed by atoms with van der Waals surface area (Å²) in [4.78, 5) is 29.7. The van der Waals surface area contributed by atoms with Crippen molar-refractivity contribution in [2.45, 2.75) is 40.3 Å². The quantitative estimate of drug-likeness (QED) is 0.245. The molecule has 0 saturated carbocycles. The Kier molecular flexibility index (Phi) is 5.50. The first kappa shape index (κ1) is 22.9. The van der Waals surface area contributed by atoms with E-state index in [1.54, 1.807) is 10.9 Å². The number of aryl methyl sites for hydroxylation is 1. The maximum absolute atomic E-state index is 15.6. The number of nitrogens with one attached hydrogen (secondary N) is 1. The number of hydrogen-bond acceptors (Lipinski definition) is 6. The van der Waals surface area contributed by atoms with Crippen LogP contribution in [0.5, 0.6) is 5.75 Å². The van der Waals surface area contributed by atoms with E-state index in [1.165, 1.54) is 13.1 Å². The number of aromatic nitrogens is 3. The third-order valence-corrected chi connectivity index (χ3v) is 6.44. The number of Topliss-reactive ketones (excluding diaryl/α,β-unsaturated/α-hetero) is 1. The van der Waals surface area contributed by atoms with E-state index in [1.807, 2.05) is 38.1 Å². The lowest BCUT2D eigenvalue weighted by molar-refractivity contribution is 0.101. The summed E-state index contributed by atoms with van der Waals surface area (Å²) >= 11 is 0. The van der Waals surface area contributed by atoms with Crippen molar-refractivity contribution in [1.29, 1.82) is 0 Å². The van der Waals surface area contributed by atoms with Gasteiger partial charge in [0.25, 0.3) is 0 Å². The predicted molar refractivity (Wildman–Crippen MR) is 135 cm³/mol. The zero-order chi connectivity index (χ0) is 24.9. The molecule has 0 radical (unpaired) electrons. The fourth-order valence-electron chi connectivity index (χ4n) is 4.72. The minimum Gasteiger partial charge on any atom is -0.488 e. The highest BCUT2D eigenvalue weighted by Crippen LogP contribution is 2.43. The molecule has 1 aliphatic heterocycles. The Morgan fingerprint density at radius 3 is 2.86 bits per heavy atom. The van der Waals surface area contributed by atoms with Crippen molar-refractivity contribution < 1.29 is 13.9 Å². The Labute approximate surface area is 201 Å². The fraction of sp³-hybridized carbons (Fsp3) is 0.346. The lowest BCUT2D eigenvalue weighted by atomic mass is 9.94. The van der Waals surface area contributed by atoms with Crippen LogP contribution >= 0.6 is 0 Å². The zero-order valence-electron chi connectivity index (χ0n) is 20.0. The molecule has 9 heteroatoms. The van der Waals surface area contributed by atoms with E-state index >= 15 is 4.39 Å². The number of ether oxygens (including phenoxy) is 1. The van der Waals surface area contributed by atoms with Crippen LogP contribution in [-0.2, 0) is 13.1 Å². The van der Waals surface area contributed by atoms with Crippen LogP contribution in [0.1, 0.15) is 37.6 Å². The van der Waals surface area contributed by atoms with Gasteiger partial charge in [0.05, 0.1) is 46.1 Å². The van der Waals surface area contributed by atoms with Gasteiger partial charge < -0.3 is 24.9 Å². The van der Waals surface area contributed by atoms with Gasteiger partial charge in [-0.05, 0) is 25.5 Å². The van der Waals surface area contributed by atoms with E-state index in [2.05, 4.69) is 14.9 Å². The smallest absolute Gasteiger partial charge is 0.202 e. The van der Waals surface area contributed by atoms with Gasteiger partial charge in [-0.25, -0.2) is 9.37 Å². The Morgan fingerprint density at radius 2 is 2.09 bits per heavy atom. The van der Waals surface area contributed by atoms with Crippen LogP contribution in [0.15, 0.2) is 41.6 Å². The van der Waals surface area contributed by atoms with Gasteiger partial charge in [-0.15, -0.1) is 0 Å². The van der Waals surface area contributed by atoms with Crippen molar-refractivity contribution >= 4 is 39.1 Å². The number of benzene rings is 2. The molecule has 0 atom stereocenters. The van der Waals surface area contributed by atoms with Gasteiger partial charge in [-0.3, -0.25) is 9.59 Å². The van der Waals surface area contributed by atoms with Crippen LogP contribution in [0.3, 0.4) is 0 Å². The highest BCUT2D eigenvalue weighted by atomic mass is 19.1. The number of nitrogens with two attached hydrogens (primary N) is 1. The summed E-state index contributed by atoms with van der Waals surface area (Å²) in [6.07, 6.45) is 4.03. The van der Waals surface area contributed by atoms with Gasteiger partial charge >= 0.3 is 0 Å². The van der Waals surface area contributed by atoms with Crippen molar-refractivity contribution in [3.8, 4) is 5.75 Å². The second-order valence-electron chi connectivity index (χ2n) is 9.87. The third-order valence-electron chi connectivity index (χ3n) is 6.44. The predicted octanol–water partition coefficient (Wildman–Crippen LogP) is 4.20. The lowest BCUT2D eigenvalue weighted by Crippen LogP contribution is -2.26. The van der Waals surface area contributed by atoms with Crippen molar-refractivity contribution in [3.05, 3.63) is 58.4 Å². The summed E-state index contributed by atoms with van der Waals surface area (Å²) in [6.45, 7) is 7.28. The van der Waals surface area contributed by atoms with Crippen molar-refractivity contribution in [2.75, 3.05) is 24.2 Å². The number of carbonyl (C=O) groups is 1. The van der Waals surface area contributed by atoms with Crippen LogP contribution in [0.4, 0.5) is 15.8 Å². The molecule has 5 rings (SSSR count). The summed E-state index contributed by atoms with van der Waals surface area (Å²) in [5.41, 5.74) is 7.47. The number of ketones is 1. The lowest BCUT2D eigenvalue weighted by Gasteiger charge is -2.22. The highest BCUT2D eigenvalue weighted by Gasteiger charge is 2.31. The monoisotopic (exact) mass is 477 g/mol. The molecular weight excluding hydrogens is 449 g/mol. The number of rotatable bonds is 6. The summed E-state index contributed by atoms with van der Waals surface area (Å²) < 4.78 is 25.5. The van der Waals surface area contributed by atoms with Gasteiger partial charge in [0.1, 0.15) is 5.69 Å². The first-order valence-corrected chi connectivity index (χ1v) is 11.6. The zero-order valence-corrected chi connectivity index (χ0v) is 20.0. The Bertz CT molecular complexity index is 1540. The van der Waals surface area contributed by atoms with Crippen LogP contribution in [-0.4, -0.2) is 33.1 Å². The first-order valence-electron chi connectivity index (χ1n) is 11.6. The van der Waals surface area contributed by atoms with E-state index in [4.69, 9.17) is 10.5 Å². The summed E-state index contributed by atoms with van der Waals surface area (Å²) in [7, 11) is 0. The number of nitrogens with zero attached hydrogens (tertiary/aromatic N) is 3. The Balaban J connectivity index is 1.52. The minimum atomic E-state index is -0.746. The van der Waals surface area contributed by atoms with Crippen LogP contribution in [0.2, 0.25) is 0 Å². The molecule has 1 aliphatic rings. The SMILES string of the molecule is CC(=O)c1cn2c3c(c(NCCCn4cnc5ccccc54)c(F)c(N)c3c1=O)OCC(C)(C)C2. The summed E-state index contributed by atoms with van der Waals surface area (Å²) in [5, 5.41) is 3.14. The van der Waals surface area contributed by atoms with Crippen molar-refractivity contribution in [1.82, 2.24) is 14.1 Å². The van der Waals surface area contributed by atoms with Gasteiger partial charge in [0, 0.05) is 31.2 Å². The number of hydrogen-bond donors (Lipinski definition) is 2. The number of anilines is 2. The first-order chi connectivity index (χ1) is 16.7. The third kappa shape index (κ3) is 3.90. The molecule has 2 aromatic heterocycles. The minimum absolute atomic E-state index is 0.0134. The average molecular weight is 478 g/mol. The molecule has 182 valence electrons. The topological polar surface area (TPSA) is 104 Å². The van der Waals surface area contributed by atoms with Gasteiger partial charge in [0.15, 0.2) is 17.3 Å². The van der Waals surface area contributed by atoms with Crippen molar-refractivity contribution in [2.24, 2.45) is 5.41 Å². The van der Waals surface area contributed by atoms with Crippen LogP contribution < -0.4 is 21.2 Å². The number of fused-ring (bicyclic) bond motifs is 1. The van der Waals surface area contributed by atoms with Crippen LogP contribution in [0.25, 0.3) is 21.9 Å². The molecule has 0 aliphatic carbocycles. The van der Waals surface area contributed by atoms with Gasteiger partial charge in [0.2, 0.25) is 5.43 Å². The molecule has 0 bridgehead atoms. The molecule has 0 saturated heterocycles. The number of imidazole rings is 1. The van der Waals surface area contributed by atoms with E-state index < -0.39 is 11.2 Å². The Hall–Kier alpha value is -3.88. The number of halogens is 1. The summed E-state index contributed by atoms with van der Waals surface area (Å²) in [5.74, 6) is -0.888. The molecule has 0 amide bonds. The van der Waals surface area contributed by atoms with E-state index in [0.29, 0.717) is 38.2 Å². The van der Waals surface area contributed by atoms with E-state index in [9.17, 15) is 9.59 Å². The standard InChI is InChI=1S/C26H28FN5O3/c1-15(33)16-11-32-12-26(2,3)13-35-25-22(20(27)21(28)19(23(25)32)24(16)34)29-9-6-10-31-14-30-17-7-4-5-8-18(17)31/h4-5,7-8,11,14,29H,6,9-10,12-13,28H2,1-3H3. The average Bonchev–Trinajstić information content (AvgIpc) is 3.17. The molecule has 8 nitrogen and oxygen atoms in total. The molecule has 3 heterocycles. The Morgan fingerprint density at radius 1 is 1.31 bits per heavy atom. The fourth-order valence-corrected chi connectivity index (χ4v) is 4.72. The van der Waals surface area contributed by atoms with Gasteiger partial charge in [-0.2, -0.15) is 0 Å². The maximum atomic E-state index is 15.6. The molecule has 35 heavy (non-hydrogen) atoms. The molecule has 2 aromatic carbocycles. The second kappa shape index (κ2) is 8.41. The van der Waals surface area contributed by atoms with Crippen LogP contribution in [0, 0.1) is 11.2 Å². The summed E-state index contributed by atoms with van der Waals surface area (Å²) in [6, 6.07) is 7.89. The largest absolute Gasteiger partial charge is 0.488 e. The van der Waals surface area contributed by atoms with Crippen molar-refractivity contribution in [3.63, 3.8) is 0 Å². The maximum Gasteiger partial charge on any atom is 0.202 e. The molecule has 4 aromatic rings. The van der Waals surface area contributed by atoms with E-state index in [-0.39, 0.29) is 39.3 Å².